The van der Waals surface area contributed by atoms with Gasteiger partial charge in [0.2, 0.25) is 0 Å². The van der Waals surface area contributed by atoms with Gasteiger partial charge in [0.25, 0.3) is 0 Å². The molecule has 0 spiro atoms. The van der Waals surface area contributed by atoms with Crippen LogP contribution in [0.2, 0.25) is 0 Å². The second-order valence-electron chi connectivity index (χ2n) is 1.64. The van der Waals surface area contributed by atoms with Gasteiger partial charge < -0.3 is 0 Å². The first-order chi connectivity index (χ1) is 4.43. The summed E-state index contributed by atoms with van der Waals surface area (Å²) < 4.78 is 0. The Bertz CT molecular complexity index is 183. The SMILES string of the molecule is [V]=[CH]Nc1ccccc1. The maximum atomic E-state index is 3.05. The predicted molar refractivity (Wildman–Crippen MR) is 36.1 cm³/mol. The van der Waals surface area contributed by atoms with E-state index >= 15 is 0 Å². The van der Waals surface area contributed by atoms with Crippen molar-refractivity contribution in [3.05, 3.63) is 30.3 Å². The molecule has 0 heterocycles. The van der Waals surface area contributed by atoms with E-state index < -0.39 is 0 Å². The van der Waals surface area contributed by atoms with E-state index in [4.69, 9.17) is 0 Å². The van der Waals surface area contributed by atoms with Crippen molar-refractivity contribution in [2.24, 2.45) is 0 Å². The summed E-state index contributed by atoms with van der Waals surface area (Å²) in [5.41, 5.74) is 1.12. The zero-order chi connectivity index (χ0) is 6.53. The molecule has 1 N–H and O–H groups in total. The molecule has 0 aliphatic heterocycles. The Labute approximate surface area is 63.6 Å². The van der Waals surface area contributed by atoms with E-state index in [1.807, 2.05) is 35.2 Å². The molecule has 0 unspecified atom stereocenters. The summed E-state index contributed by atoms with van der Waals surface area (Å²) in [5.74, 6) is 0. The molecule has 1 rings (SSSR count). The van der Waals surface area contributed by atoms with Crippen molar-refractivity contribution < 1.29 is 17.0 Å². The van der Waals surface area contributed by atoms with Crippen molar-refractivity contribution in [1.29, 1.82) is 0 Å². The van der Waals surface area contributed by atoms with Crippen LogP contribution in [-0.4, -0.2) is 4.85 Å². The van der Waals surface area contributed by atoms with Crippen LogP contribution >= 0.6 is 0 Å². The maximum absolute atomic E-state index is 3.05. The Hall–Kier alpha value is -0.526. The van der Waals surface area contributed by atoms with E-state index in [1.54, 1.807) is 0 Å². The molecule has 1 aromatic carbocycles. The fraction of sp³-hybridized carbons (Fsp3) is 0. The fourth-order valence-electron chi connectivity index (χ4n) is 0.609. The number of rotatable bonds is 2. The Morgan fingerprint density at radius 1 is 1.22 bits per heavy atom. The number of hydrogen-bond donors (Lipinski definition) is 1. The molecule has 0 bridgehead atoms. The molecule has 1 nitrogen and oxygen atoms in total. The van der Waals surface area contributed by atoms with Gasteiger partial charge in [-0.25, -0.2) is 0 Å². The first kappa shape index (κ1) is 6.59. The van der Waals surface area contributed by atoms with Crippen molar-refractivity contribution in [3.8, 4) is 0 Å². The Morgan fingerprint density at radius 3 is 2.44 bits per heavy atom. The first-order valence-electron chi connectivity index (χ1n) is 2.71. The van der Waals surface area contributed by atoms with E-state index in [0.717, 1.165) is 5.69 Å². The molecule has 0 radical (unpaired) electrons. The van der Waals surface area contributed by atoms with Crippen LogP contribution in [0.15, 0.2) is 30.3 Å². The Balaban J connectivity index is 2.72. The van der Waals surface area contributed by atoms with Gasteiger partial charge in [0, 0.05) is 0 Å². The number of benzene rings is 1. The average Bonchev–Trinajstić information content (AvgIpc) is 1.91. The summed E-state index contributed by atoms with van der Waals surface area (Å²) >= 11 is 2.36. The van der Waals surface area contributed by atoms with Crippen molar-refractivity contribution in [1.82, 2.24) is 0 Å². The number of anilines is 1. The zero-order valence-electron chi connectivity index (χ0n) is 4.91. The van der Waals surface area contributed by atoms with Crippen LogP contribution in [0.25, 0.3) is 0 Å². The van der Waals surface area contributed by atoms with E-state index in [1.165, 1.54) is 0 Å². The summed E-state index contributed by atoms with van der Waals surface area (Å²) in [4.78, 5) is 1.85. The van der Waals surface area contributed by atoms with Crippen LogP contribution in [-0.2, 0) is 17.0 Å². The topological polar surface area (TPSA) is 12.0 Å². The van der Waals surface area contributed by atoms with Crippen molar-refractivity contribution in [3.63, 3.8) is 0 Å². The van der Waals surface area contributed by atoms with Gasteiger partial charge in [0.1, 0.15) is 0 Å². The number of para-hydroxylation sites is 1. The quantitative estimate of drug-likeness (QED) is 0.682. The average molecular weight is 156 g/mol. The third kappa shape index (κ3) is 2.04. The van der Waals surface area contributed by atoms with Crippen molar-refractivity contribution >= 4 is 10.5 Å². The van der Waals surface area contributed by atoms with Crippen LogP contribution in [0.3, 0.4) is 0 Å². The molecule has 0 atom stereocenters. The minimum atomic E-state index is 1.12. The van der Waals surface area contributed by atoms with Crippen LogP contribution in [0.1, 0.15) is 0 Å². The Morgan fingerprint density at radius 2 is 1.89 bits per heavy atom. The van der Waals surface area contributed by atoms with Crippen molar-refractivity contribution in [2.45, 2.75) is 0 Å². The van der Waals surface area contributed by atoms with Gasteiger partial charge >= 0.3 is 63.2 Å². The second-order valence-corrected chi connectivity index (χ2v) is 2.04. The zero-order valence-corrected chi connectivity index (χ0v) is 6.31. The molecular weight excluding hydrogens is 149 g/mol. The summed E-state index contributed by atoms with van der Waals surface area (Å²) in [6.07, 6.45) is 0. The summed E-state index contributed by atoms with van der Waals surface area (Å²) in [7, 11) is 0. The van der Waals surface area contributed by atoms with Crippen LogP contribution in [0.4, 0.5) is 5.69 Å². The third-order valence-electron chi connectivity index (χ3n) is 1.01. The molecule has 45 valence electrons. The summed E-state index contributed by atoms with van der Waals surface area (Å²) in [6.45, 7) is 0. The summed E-state index contributed by atoms with van der Waals surface area (Å²) in [6, 6.07) is 10.0. The Kier molecular flexibility index (Phi) is 2.56. The molecule has 0 aliphatic carbocycles. The monoisotopic (exact) mass is 156 g/mol. The minimum absolute atomic E-state index is 1.12. The third-order valence-corrected chi connectivity index (χ3v) is 1.21. The van der Waals surface area contributed by atoms with Crippen LogP contribution in [0, 0.1) is 0 Å². The van der Waals surface area contributed by atoms with Gasteiger partial charge in [-0.2, -0.15) is 0 Å². The molecule has 2 heteroatoms. The molecule has 1 aromatic rings. The van der Waals surface area contributed by atoms with Crippen LogP contribution < -0.4 is 5.32 Å². The van der Waals surface area contributed by atoms with E-state index in [0.29, 0.717) is 0 Å². The fourth-order valence-corrected chi connectivity index (χ4v) is 0.842. The summed E-state index contributed by atoms with van der Waals surface area (Å²) in [5, 5.41) is 3.05. The molecule has 9 heavy (non-hydrogen) atoms. The van der Waals surface area contributed by atoms with Gasteiger partial charge in [-0.05, 0) is 0 Å². The first-order valence-corrected chi connectivity index (χ1v) is 3.51. The van der Waals surface area contributed by atoms with Gasteiger partial charge in [-0.1, -0.05) is 0 Å². The molecule has 0 saturated carbocycles. The normalized spacial score (nSPS) is 8.33. The van der Waals surface area contributed by atoms with Crippen LogP contribution in [0.5, 0.6) is 0 Å². The van der Waals surface area contributed by atoms with Crippen molar-refractivity contribution in [2.75, 3.05) is 5.32 Å². The van der Waals surface area contributed by atoms with Gasteiger partial charge in [-0.3, -0.25) is 0 Å². The molecule has 0 saturated heterocycles. The van der Waals surface area contributed by atoms with E-state index in [9.17, 15) is 0 Å². The predicted octanol–water partition coefficient (Wildman–Crippen LogP) is 1.40. The van der Waals surface area contributed by atoms with E-state index in [2.05, 4.69) is 22.3 Å². The molecule has 0 fully saturated rings. The van der Waals surface area contributed by atoms with Gasteiger partial charge in [0.05, 0.1) is 0 Å². The van der Waals surface area contributed by atoms with Gasteiger partial charge in [-0.15, -0.1) is 0 Å². The second kappa shape index (κ2) is 3.49. The van der Waals surface area contributed by atoms with E-state index in [-0.39, 0.29) is 0 Å². The molecule has 0 amide bonds. The number of hydrogen-bond acceptors (Lipinski definition) is 1. The molecule has 0 aliphatic rings. The molecule has 0 aromatic heterocycles. The standard InChI is InChI=1S/C7H7N.V/c1-8-7-5-3-2-4-6-7;/h1-6,8H;. The molecular formula is C7H7NV. The van der Waals surface area contributed by atoms with Gasteiger partial charge in [0.15, 0.2) is 0 Å². The number of nitrogens with one attached hydrogen (secondary N) is 1.